The minimum atomic E-state index is -0.269. The number of likely N-dealkylation sites (N-methyl/N-ethyl adjacent to an activating group) is 1. The zero-order valence-electron chi connectivity index (χ0n) is 28.2. The van der Waals surface area contributed by atoms with Crippen molar-refractivity contribution in [2.24, 2.45) is 5.92 Å². The quantitative estimate of drug-likeness (QED) is 0.315. The molecule has 0 radical (unpaired) electrons. The molecule has 12 heteroatoms. The molecule has 1 fully saturated rings. The highest BCUT2D eigenvalue weighted by atomic mass is 16.5. The first-order valence-electron chi connectivity index (χ1n) is 16.6. The molecule has 1 atom stereocenters. The maximum absolute atomic E-state index is 13.8. The third-order valence-corrected chi connectivity index (χ3v) is 9.30. The van der Waals surface area contributed by atoms with Crippen LogP contribution in [0.5, 0.6) is 17.2 Å². The molecular weight excluding hydrogens is 612 g/mol. The number of hydrogen-bond donors (Lipinski definition) is 1. The number of anilines is 1. The molecule has 2 amide bonds. The lowest BCUT2D eigenvalue weighted by molar-refractivity contribution is -0.121. The van der Waals surface area contributed by atoms with Crippen LogP contribution in [0.15, 0.2) is 53.1 Å². The molecule has 2 aliphatic rings. The SMILES string of the molecule is CCN1CCN(C(=O)c2cc(-c3ccccc3)on2)CCC(=O)NCC2CCCN(C2)c2nc3cc(OC)c(OC)c(OC)c3cc2C1. The van der Waals surface area contributed by atoms with Crippen LogP contribution in [0.4, 0.5) is 5.82 Å². The molecule has 254 valence electrons. The summed E-state index contributed by atoms with van der Waals surface area (Å²) in [7, 11) is 4.82. The van der Waals surface area contributed by atoms with E-state index in [0.29, 0.717) is 49.2 Å². The van der Waals surface area contributed by atoms with E-state index in [2.05, 4.69) is 33.3 Å². The largest absolute Gasteiger partial charge is 0.493 e. The third-order valence-electron chi connectivity index (χ3n) is 9.30. The number of nitrogens with zero attached hydrogens (tertiary/aromatic N) is 5. The second kappa shape index (κ2) is 14.9. The zero-order valence-corrected chi connectivity index (χ0v) is 28.2. The van der Waals surface area contributed by atoms with E-state index in [0.717, 1.165) is 60.3 Å². The van der Waals surface area contributed by atoms with Gasteiger partial charge in [0, 0.05) is 80.9 Å². The standard InChI is InChI=1S/C36H44N6O6/c1-5-40-16-17-41(36(44)29-20-30(48-39-29)25-11-7-6-8-12-25)15-13-32(43)37-21-24-10-9-14-42(22-24)35-26(23-40)18-27-28(38-35)19-31(45-2)34(47-4)33(27)46-3/h6-8,11-12,18-20,24H,5,9-10,13-17,21-23H2,1-4H3,(H,37,43). The van der Waals surface area contributed by atoms with Crippen molar-refractivity contribution >= 4 is 28.5 Å². The van der Waals surface area contributed by atoms with E-state index in [1.54, 1.807) is 32.3 Å². The van der Waals surface area contributed by atoms with Crippen LogP contribution in [-0.2, 0) is 11.3 Å². The number of pyridine rings is 1. The van der Waals surface area contributed by atoms with Crippen molar-refractivity contribution in [3.8, 4) is 28.6 Å². The van der Waals surface area contributed by atoms with Gasteiger partial charge in [0.25, 0.3) is 5.91 Å². The summed E-state index contributed by atoms with van der Waals surface area (Å²) in [6, 6.07) is 15.3. The first-order chi connectivity index (χ1) is 23.4. The van der Waals surface area contributed by atoms with E-state index >= 15 is 0 Å². The molecule has 2 aromatic heterocycles. The van der Waals surface area contributed by atoms with Gasteiger partial charge in [-0.15, -0.1) is 0 Å². The average molecular weight is 657 g/mol. The summed E-state index contributed by atoms with van der Waals surface area (Å²) >= 11 is 0. The molecule has 0 saturated carbocycles. The van der Waals surface area contributed by atoms with Crippen LogP contribution in [-0.4, -0.2) is 98.9 Å². The number of hydrogen-bond acceptors (Lipinski definition) is 10. The van der Waals surface area contributed by atoms with E-state index in [9.17, 15) is 9.59 Å². The van der Waals surface area contributed by atoms with Gasteiger partial charge in [-0.2, -0.15) is 0 Å². The van der Waals surface area contributed by atoms with Gasteiger partial charge in [0.05, 0.1) is 26.8 Å². The number of carbonyl (C=O) groups is 2. The minimum Gasteiger partial charge on any atom is -0.493 e. The van der Waals surface area contributed by atoms with E-state index < -0.39 is 0 Å². The van der Waals surface area contributed by atoms with Gasteiger partial charge in [-0.05, 0) is 31.4 Å². The predicted octanol–water partition coefficient (Wildman–Crippen LogP) is 4.62. The van der Waals surface area contributed by atoms with Gasteiger partial charge in [-0.25, -0.2) is 4.98 Å². The zero-order chi connectivity index (χ0) is 33.6. The second-order valence-corrected chi connectivity index (χ2v) is 12.3. The van der Waals surface area contributed by atoms with E-state index in [4.69, 9.17) is 23.7 Å². The molecule has 1 saturated heterocycles. The number of nitrogens with one attached hydrogen (secondary N) is 1. The summed E-state index contributed by atoms with van der Waals surface area (Å²) in [6.45, 7) is 6.94. The lowest BCUT2D eigenvalue weighted by atomic mass is 9.97. The Labute approximate surface area is 280 Å². The molecule has 4 aromatic rings. The summed E-state index contributed by atoms with van der Waals surface area (Å²) in [4.78, 5) is 38.4. The van der Waals surface area contributed by atoms with Crippen LogP contribution in [0.2, 0.25) is 0 Å². The molecule has 2 aromatic carbocycles. The minimum absolute atomic E-state index is 0.0741. The van der Waals surface area contributed by atoms with Crippen LogP contribution < -0.4 is 24.4 Å². The molecule has 2 bridgehead atoms. The molecule has 0 aliphatic carbocycles. The van der Waals surface area contributed by atoms with Crippen molar-refractivity contribution in [3.63, 3.8) is 0 Å². The molecule has 12 nitrogen and oxygen atoms in total. The Hall–Kier alpha value is -4.84. The molecule has 1 N–H and O–H groups in total. The van der Waals surface area contributed by atoms with Gasteiger partial charge in [-0.1, -0.05) is 42.4 Å². The third kappa shape index (κ3) is 7.03. The van der Waals surface area contributed by atoms with Gasteiger partial charge in [-0.3, -0.25) is 14.5 Å². The average Bonchev–Trinajstić information content (AvgIpc) is 3.62. The molecule has 0 spiro atoms. The van der Waals surface area contributed by atoms with Crippen molar-refractivity contribution in [3.05, 3.63) is 59.8 Å². The van der Waals surface area contributed by atoms with Crippen LogP contribution in [0, 0.1) is 5.92 Å². The number of amides is 2. The highest BCUT2D eigenvalue weighted by Crippen LogP contribution is 2.44. The maximum Gasteiger partial charge on any atom is 0.276 e. The van der Waals surface area contributed by atoms with Gasteiger partial charge in [0.15, 0.2) is 23.0 Å². The number of ether oxygens (including phenoxy) is 3. The van der Waals surface area contributed by atoms with Crippen molar-refractivity contribution in [1.29, 1.82) is 0 Å². The highest BCUT2D eigenvalue weighted by Gasteiger charge is 2.28. The lowest BCUT2D eigenvalue weighted by Crippen LogP contribution is -2.42. The fourth-order valence-corrected chi connectivity index (χ4v) is 6.66. The lowest BCUT2D eigenvalue weighted by Gasteiger charge is -2.35. The molecule has 48 heavy (non-hydrogen) atoms. The Balaban J connectivity index is 1.35. The van der Waals surface area contributed by atoms with Crippen LogP contribution in [0.1, 0.15) is 42.2 Å². The first kappa shape index (κ1) is 33.1. The predicted molar refractivity (Wildman–Crippen MR) is 183 cm³/mol. The van der Waals surface area contributed by atoms with E-state index in [-0.39, 0.29) is 36.4 Å². The summed E-state index contributed by atoms with van der Waals surface area (Å²) in [6.07, 6.45) is 2.21. The van der Waals surface area contributed by atoms with Gasteiger partial charge in [0.1, 0.15) is 5.82 Å². The Bertz CT molecular complexity index is 1740. The Morgan fingerprint density at radius 1 is 1.00 bits per heavy atom. The Kier molecular flexibility index (Phi) is 10.3. The summed E-state index contributed by atoms with van der Waals surface area (Å²) in [5.41, 5.74) is 2.86. The van der Waals surface area contributed by atoms with Crippen molar-refractivity contribution < 1.29 is 28.3 Å². The number of benzene rings is 2. The number of aromatic nitrogens is 2. The van der Waals surface area contributed by atoms with E-state index in [1.807, 2.05) is 36.4 Å². The van der Waals surface area contributed by atoms with Crippen LogP contribution >= 0.6 is 0 Å². The van der Waals surface area contributed by atoms with Gasteiger partial charge < -0.3 is 33.9 Å². The normalized spacial score (nSPS) is 18.0. The smallest absolute Gasteiger partial charge is 0.276 e. The number of piperidine rings is 1. The van der Waals surface area contributed by atoms with Gasteiger partial charge >= 0.3 is 0 Å². The topological polar surface area (TPSA) is 123 Å². The molecule has 4 heterocycles. The highest BCUT2D eigenvalue weighted by molar-refractivity contribution is 5.94. The van der Waals surface area contributed by atoms with Crippen molar-refractivity contribution in [1.82, 2.24) is 25.3 Å². The van der Waals surface area contributed by atoms with Gasteiger partial charge in [0.2, 0.25) is 11.7 Å². The second-order valence-electron chi connectivity index (χ2n) is 12.3. The number of fused-ring (bicyclic) bond motifs is 5. The molecule has 2 aliphatic heterocycles. The Morgan fingerprint density at radius 3 is 2.56 bits per heavy atom. The first-order valence-corrected chi connectivity index (χ1v) is 16.6. The fraction of sp³-hybridized carbons (Fsp3) is 0.444. The fourth-order valence-electron chi connectivity index (χ4n) is 6.66. The van der Waals surface area contributed by atoms with Crippen LogP contribution in [0.3, 0.4) is 0 Å². The number of methoxy groups -OCH3 is 3. The van der Waals surface area contributed by atoms with Crippen molar-refractivity contribution in [2.45, 2.75) is 32.7 Å². The summed E-state index contributed by atoms with van der Waals surface area (Å²) in [5.74, 6) is 2.99. The number of carbonyl (C=O) groups excluding carboxylic acids is 2. The summed E-state index contributed by atoms with van der Waals surface area (Å²) in [5, 5.41) is 8.08. The van der Waals surface area contributed by atoms with Crippen LogP contribution in [0.25, 0.3) is 22.2 Å². The maximum atomic E-state index is 13.8. The molecular formula is C36H44N6O6. The Morgan fingerprint density at radius 2 is 1.81 bits per heavy atom. The molecule has 6 rings (SSSR count). The van der Waals surface area contributed by atoms with E-state index in [1.165, 1.54) is 0 Å². The van der Waals surface area contributed by atoms with Crippen molar-refractivity contribution in [2.75, 3.05) is 72.0 Å². The molecule has 1 unspecified atom stereocenters. The number of rotatable bonds is 6. The monoisotopic (exact) mass is 656 g/mol. The summed E-state index contributed by atoms with van der Waals surface area (Å²) < 4.78 is 22.7.